The molecule has 3 N–H and O–H groups in total. The molecule has 2 amide bonds. The maximum Gasteiger partial charge on any atom is 0.338 e. The van der Waals surface area contributed by atoms with E-state index < -0.39 is 18.6 Å². The van der Waals surface area contributed by atoms with Gasteiger partial charge in [0.05, 0.1) is 0 Å². The van der Waals surface area contributed by atoms with Crippen molar-refractivity contribution in [3.8, 4) is 0 Å². The predicted molar refractivity (Wildman–Crippen MR) is 60.4 cm³/mol. The Morgan fingerprint density at radius 3 is 2.88 bits per heavy atom. The summed E-state index contributed by atoms with van der Waals surface area (Å²) in [5.74, 6) is -1.13. The van der Waals surface area contributed by atoms with Gasteiger partial charge in [0.1, 0.15) is 0 Å². The third-order valence-electron chi connectivity index (χ3n) is 2.78. The SMILES string of the molecule is CN1CCCCC1CNC(=O)NOCC(=O)O. The number of hydroxylamine groups is 1. The summed E-state index contributed by atoms with van der Waals surface area (Å²) in [6, 6.07) is -0.167. The molecular weight excluding hydrogens is 226 g/mol. The van der Waals surface area contributed by atoms with Crippen molar-refractivity contribution in [2.24, 2.45) is 0 Å². The Balaban J connectivity index is 2.12. The van der Waals surface area contributed by atoms with Gasteiger partial charge in [0.25, 0.3) is 0 Å². The maximum absolute atomic E-state index is 11.2. The maximum atomic E-state index is 11.2. The van der Waals surface area contributed by atoms with Crippen LogP contribution in [0.3, 0.4) is 0 Å². The number of hydrogen-bond donors (Lipinski definition) is 3. The van der Waals surface area contributed by atoms with Crippen LogP contribution in [0.15, 0.2) is 0 Å². The van der Waals surface area contributed by atoms with Crippen molar-refractivity contribution >= 4 is 12.0 Å². The van der Waals surface area contributed by atoms with Gasteiger partial charge >= 0.3 is 12.0 Å². The number of aliphatic carboxylic acids is 1. The van der Waals surface area contributed by atoms with Crippen LogP contribution in [0.5, 0.6) is 0 Å². The molecule has 0 aliphatic carbocycles. The van der Waals surface area contributed by atoms with E-state index in [2.05, 4.69) is 15.1 Å². The third-order valence-corrected chi connectivity index (χ3v) is 2.78. The Kier molecular flexibility index (Phi) is 5.71. The zero-order valence-corrected chi connectivity index (χ0v) is 9.94. The highest BCUT2D eigenvalue weighted by atomic mass is 16.7. The normalized spacial score (nSPS) is 20.9. The summed E-state index contributed by atoms with van der Waals surface area (Å²) >= 11 is 0. The van der Waals surface area contributed by atoms with Crippen molar-refractivity contribution in [1.29, 1.82) is 0 Å². The second kappa shape index (κ2) is 7.08. The number of nitrogens with one attached hydrogen (secondary N) is 2. The fourth-order valence-electron chi connectivity index (χ4n) is 1.81. The number of carboxylic acids is 1. The van der Waals surface area contributed by atoms with Crippen molar-refractivity contribution in [3.63, 3.8) is 0 Å². The van der Waals surface area contributed by atoms with E-state index in [1.807, 2.05) is 12.5 Å². The number of rotatable bonds is 5. The number of carbonyl (C=O) groups is 2. The summed E-state index contributed by atoms with van der Waals surface area (Å²) in [6.07, 6.45) is 3.43. The number of likely N-dealkylation sites (N-methyl/N-ethyl adjacent to an activating group) is 1. The molecule has 1 fully saturated rings. The van der Waals surface area contributed by atoms with Crippen LogP contribution >= 0.6 is 0 Å². The van der Waals surface area contributed by atoms with Crippen LogP contribution in [0.4, 0.5) is 4.79 Å². The molecule has 0 saturated carbocycles. The largest absolute Gasteiger partial charge is 0.479 e. The van der Waals surface area contributed by atoms with E-state index in [-0.39, 0.29) is 0 Å². The highest BCUT2D eigenvalue weighted by Gasteiger charge is 2.19. The van der Waals surface area contributed by atoms with E-state index >= 15 is 0 Å². The van der Waals surface area contributed by atoms with Crippen LogP contribution in [0.25, 0.3) is 0 Å². The molecule has 0 radical (unpaired) electrons. The quantitative estimate of drug-likeness (QED) is 0.583. The van der Waals surface area contributed by atoms with Crippen LogP contribution in [0, 0.1) is 0 Å². The van der Waals surface area contributed by atoms with Gasteiger partial charge in [-0.3, -0.25) is 4.84 Å². The predicted octanol–water partition coefficient (Wildman–Crippen LogP) is -0.214. The number of nitrogens with zero attached hydrogens (tertiary/aromatic N) is 1. The molecule has 17 heavy (non-hydrogen) atoms. The first-order valence-electron chi connectivity index (χ1n) is 5.67. The van der Waals surface area contributed by atoms with Gasteiger partial charge in [-0.25, -0.2) is 15.1 Å². The van der Waals surface area contributed by atoms with Gasteiger partial charge in [-0.2, -0.15) is 0 Å². The lowest BCUT2D eigenvalue weighted by Gasteiger charge is -2.32. The van der Waals surface area contributed by atoms with Crippen molar-refractivity contribution < 1.29 is 19.5 Å². The second-order valence-electron chi connectivity index (χ2n) is 4.12. The molecule has 0 aromatic carbocycles. The molecule has 7 nitrogen and oxygen atoms in total. The van der Waals surface area contributed by atoms with Gasteiger partial charge in [-0.05, 0) is 26.4 Å². The zero-order valence-electron chi connectivity index (χ0n) is 9.94. The van der Waals surface area contributed by atoms with Gasteiger partial charge in [0, 0.05) is 12.6 Å². The lowest BCUT2D eigenvalue weighted by Crippen LogP contribution is -2.47. The van der Waals surface area contributed by atoms with Crippen LogP contribution < -0.4 is 10.8 Å². The van der Waals surface area contributed by atoms with Crippen molar-refractivity contribution in [1.82, 2.24) is 15.7 Å². The molecular formula is C10H19N3O4. The lowest BCUT2D eigenvalue weighted by atomic mass is 10.0. The zero-order chi connectivity index (χ0) is 12.7. The van der Waals surface area contributed by atoms with E-state index in [1.165, 1.54) is 12.8 Å². The summed E-state index contributed by atoms with van der Waals surface area (Å²) in [6.45, 7) is 1.04. The number of amides is 2. The molecule has 0 spiro atoms. The van der Waals surface area contributed by atoms with E-state index in [0.29, 0.717) is 12.6 Å². The molecule has 0 aromatic rings. The summed E-state index contributed by atoms with van der Waals surface area (Å²) in [5.41, 5.74) is 2.02. The molecule has 1 atom stereocenters. The topological polar surface area (TPSA) is 90.9 Å². The van der Waals surface area contributed by atoms with E-state index in [9.17, 15) is 9.59 Å². The smallest absolute Gasteiger partial charge is 0.338 e. The van der Waals surface area contributed by atoms with Crippen molar-refractivity contribution in [3.05, 3.63) is 0 Å². The van der Waals surface area contributed by atoms with Gasteiger partial charge in [0.15, 0.2) is 6.61 Å². The Hall–Kier alpha value is -1.34. The fraction of sp³-hybridized carbons (Fsp3) is 0.800. The van der Waals surface area contributed by atoms with Crippen LogP contribution in [-0.2, 0) is 9.63 Å². The minimum atomic E-state index is -1.13. The molecule has 1 aliphatic heterocycles. The second-order valence-corrected chi connectivity index (χ2v) is 4.12. The van der Waals surface area contributed by atoms with Crippen LogP contribution in [-0.4, -0.2) is 54.8 Å². The van der Waals surface area contributed by atoms with Crippen molar-refractivity contribution in [2.75, 3.05) is 26.7 Å². The number of urea groups is 1. The standard InChI is InChI=1S/C10H19N3O4/c1-13-5-3-2-4-8(13)6-11-10(16)12-17-7-9(14)15/h8H,2-7H2,1H3,(H,14,15)(H2,11,12,16). The molecule has 1 heterocycles. The van der Waals surface area contributed by atoms with Crippen LogP contribution in [0.1, 0.15) is 19.3 Å². The minimum Gasteiger partial charge on any atom is -0.479 e. The van der Waals surface area contributed by atoms with Gasteiger partial charge in [0.2, 0.25) is 0 Å². The summed E-state index contributed by atoms with van der Waals surface area (Å²) in [7, 11) is 2.03. The highest BCUT2D eigenvalue weighted by molar-refractivity contribution is 5.73. The Morgan fingerprint density at radius 1 is 1.47 bits per heavy atom. The summed E-state index contributed by atoms with van der Waals surface area (Å²) in [5, 5.41) is 10.9. The number of likely N-dealkylation sites (tertiary alicyclic amines) is 1. The molecule has 0 aromatic heterocycles. The molecule has 1 saturated heterocycles. The van der Waals surface area contributed by atoms with Crippen molar-refractivity contribution in [2.45, 2.75) is 25.3 Å². The van der Waals surface area contributed by atoms with Gasteiger partial charge < -0.3 is 15.3 Å². The first-order valence-corrected chi connectivity index (χ1v) is 5.67. The number of piperidine rings is 1. The highest BCUT2D eigenvalue weighted by Crippen LogP contribution is 2.13. The molecule has 98 valence electrons. The Bertz CT molecular complexity index is 272. The van der Waals surface area contributed by atoms with E-state index in [1.54, 1.807) is 0 Å². The Labute approximate surface area is 100 Å². The number of carbonyl (C=O) groups excluding carboxylic acids is 1. The number of hydrogen-bond acceptors (Lipinski definition) is 4. The molecule has 1 aliphatic rings. The fourth-order valence-corrected chi connectivity index (χ4v) is 1.81. The lowest BCUT2D eigenvalue weighted by molar-refractivity contribution is -0.144. The van der Waals surface area contributed by atoms with Gasteiger partial charge in [-0.15, -0.1) is 0 Å². The molecule has 0 bridgehead atoms. The summed E-state index contributed by atoms with van der Waals surface area (Å²) in [4.78, 5) is 28.0. The number of carboxylic acid groups (broad SMARTS) is 1. The third kappa shape index (κ3) is 5.50. The average molecular weight is 245 g/mol. The van der Waals surface area contributed by atoms with E-state index in [0.717, 1.165) is 13.0 Å². The minimum absolute atomic E-state index is 0.342. The Morgan fingerprint density at radius 2 is 2.24 bits per heavy atom. The molecule has 1 rings (SSSR count). The first kappa shape index (κ1) is 13.7. The molecule has 7 heteroatoms. The monoisotopic (exact) mass is 245 g/mol. The molecule has 1 unspecified atom stereocenters. The van der Waals surface area contributed by atoms with Crippen LogP contribution in [0.2, 0.25) is 0 Å². The summed E-state index contributed by atoms with van der Waals surface area (Å²) < 4.78 is 0. The van der Waals surface area contributed by atoms with Gasteiger partial charge in [-0.1, -0.05) is 6.42 Å². The average Bonchev–Trinajstić information content (AvgIpc) is 2.27. The van der Waals surface area contributed by atoms with E-state index in [4.69, 9.17) is 5.11 Å². The first-order chi connectivity index (χ1) is 8.09.